The van der Waals surface area contributed by atoms with Gasteiger partial charge in [0.25, 0.3) is 0 Å². The van der Waals surface area contributed by atoms with E-state index in [0.717, 1.165) is 19.3 Å². The van der Waals surface area contributed by atoms with Gasteiger partial charge in [0.05, 0.1) is 11.4 Å². The summed E-state index contributed by atoms with van der Waals surface area (Å²) in [7, 11) is -2.98. The zero-order chi connectivity index (χ0) is 14.8. The lowest BCUT2D eigenvalue weighted by Crippen LogP contribution is -2.45. The van der Waals surface area contributed by atoms with Gasteiger partial charge >= 0.3 is 0 Å². The molecule has 1 amide bonds. The maximum absolute atomic E-state index is 12.4. The molecule has 1 atom stereocenters. The average molecular weight is 303 g/mol. The zero-order valence-electron chi connectivity index (χ0n) is 12.4. The Morgan fingerprint density at radius 3 is 2.55 bits per heavy atom. The van der Waals surface area contributed by atoms with Crippen LogP contribution in [0.15, 0.2) is 0 Å². The summed E-state index contributed by atoms with van der Waals surface area (Å²) in [5, 5.41) is -0.280. The average Bonchev–Trinajstić information content (AvgIpc) is 2.57. The Morgan fingerprint density at radius 1 is 1.25 bits per heavy atom. The van der Waals surface area contributed by atoms with Crippen LogP contribution in [-0.2, 0) is 19.4 Å². The van der Waals surface area contributed by atoms with Crippen LogP contribution >= 0.6 is 0 Å². The van der Waals surface area contributed by atoms with Crippen molar-refractivity contribution in [3.8, 4) is 0 Å². The van der Waals surface area contributed by atoms with Gasteiger partial charge in [0.1, 0.15) is 9.84 Å². The van der Waals surface area contributed by atoms with Crippen LogP contribution < -0.4 is 0 Å². The molecule has 0 aromatic rings. The second-order valence-corrected chi connectivity index (χ2v) is 8.28. The molecule has 0 aromatic carbocycles. The van der Waals surface area contributed by atoms with Gasteiger partial charge in [0, 0.05) is 31.9 Å². The number of hydrogen-bond donors (Lipinski definition) is 0. The molecule has 2 fully saturated rings. The van der Waals surface area contributed by atoms with E-state index in [1.165, 1.54) is 6.26 Å². The molecule has 0 bridgehead atoms. The van der Waals surface area contributed by atoms with E-state index < -0.39 is 9.84 Å². The molecule has 2 aliphatic rings. The Balaban J connectivity index is 1.84. The van der Waals surface area contributed by atoms with E-state index in [-0.39, 0.29) is 23.2 Å². The largest absolute Gasteiger partial charge is 0.378 e. The Hall–Kier alpha value is -0.620. The minimum atomic E-state index is -2.98. The molecule has 0 radical (unpaired) electrons. The second-order valence-electron chi connectivity index (χ2n) is 5.95. The minimum absolute atomic E-state index is 0.0846. The Morgan fingerprint density at radius 2 is 1.95 bits per heavy atom. The second kappa shape index (κ2) is 6.43. The Labute approximate surface area is 121 Å². The summed E-state index contributed by atoms with van der Waals surface area (Å²) in [6, 6.07) is 0. The molecular formula is C14H25NO4S. The normalized spacial score (nSPS) is 31.5. The van der Waals surface area contributed by atoms with Gasteiger partial charge in [-0.05, 0) is 39.0 Å². The van der Waals surface area contributed by atoms with E-state index in [4.69, 9.17) is 4.74 Å². The smallest absolute Gasteiger partial charge is 0.225 e. The number of likely N-dealkylation sites (tertiary alicyclic amines) is 1. The van der Waals surface area contributed by atoms with Crippen molar-refractivity contribution in [3.05, 3.63) is 0 Å². The minimum Gasteiger partial charge on any atom is -0.378 e. The van der Waals surface area contributed by atoms with E-state index in [1.54, 1.807) is 0 Å². The highest BCUT2D eigenvalue weighted by atomic mass is 32.2. The maximum Gasteiger partial charge on any atom is 0.225 e. The number of hydrogen-bond acceptors (Lipinski definition) is 4. The van der Waals surface area contributed by atoms with Crippen LogP contribution in [0.1, 0.15) is 39.0 Å². The lowest BCUT2D eigenvalue weighted by Gasteiger charge is -2.37. The number of nitrogens with zero attached hydrogens (tertiary/aromatic N) is 1. The molecule has 2 rings (SSSR count). The number of rotatable bonds is 4. The maximum atomic E-state index is 12.4. The van der Waals surface area contributed by atoms with Crippen molar-refractivity contribution in [2.45, 2.75) is 50.4 Å². The van der Waals surface area contributed by atoms with Gasteiger partial charge < -0.3 is 9.64 Å². The van der Waals surface area contributed by atoms with E-state index >= 15 is 0 Å². The number of carbonyl (C=O) groups is 1. The van der Waals surface area contributed by atoms with Crippen molar-refractivity contribution < 1.29 is 17.9 Å². The molecule has 0 N–H and O–H groups in total. The van der Waals surface area contributed by atoms with Gasteiger partial charge in [-0.25, -0.2) is 8.42 Å². The van der Waals surface area contributed by atoms with E-state index in [1.807, 2.05) is 11.8 Å². The third kappa shape index (κ3) is 3.73. The molecule has 116 valence electrons. The van der Waals surface area contributed by atoms with Crippen molar-refractivity contribution in [2.24, 2.45) is 5.92 Å². The van der Waals surface area contributed by atoms with Crippen LogP contribution in [0.25, 0.3) is 0 Å². The molecule has 1 saturated heterocycles. The molecule has 1 unspecified atom stereocenters. The van der Waals surface area contributed by atoms with E-state index in [2.05, 4.69) is 0 Å². The molecule has 6 heteroatoms. The predicted molar refractivity (Wildman–Crippen MR) is 77.2 cm³/mol. The van der Waals surface area contributed by atoms with Crippen molar-refractivity contribution in [1.82, 2.24) is 4.90 Å². The fourth-order valence-electron chi connectivity index (χ4n) is 3.11. The molecule has 1 aliphatic heterocycles. The summed E-state index contributed by atoms with van der Waals surface area (Å²) in [4.78, 5) is 14.2. The van der Waals surface area contributed by atoms with Crippen LogP contribution in [0.5, 0.6) is 0 Å². The highest BCUT2D eigenvalue weighted by Gasteiger charge is 2.38. The molecule has 1 heterocycles. The number of ether oxygens (including phenoxy) is 1. The van der Waals surface area contributed by atoms with Gasteiger partial charge in [-0.3, -0.25) is 4.79 Å². The van der Waals surface area contributed by atoms with Crippen molar-refractivity contribution in [2.75, 3.05) is 26.0 Å². The first-order valence-corrected chi connectivity index (χ1v) is 9.46. The highest BCUT2D eigenvalue weighted by Crippen LogP contribution is 2.32. The van der Waals surface area contributed by atoms with Crippen molar-refractivity contribution in [1.29, 1.82) is 0 Å². The predicted octanol–water partition coefficient (Wildman–Crippen LogP) is 1.23. The summed E-state index contributed by atoms with van der Waals surface area (Å²) in [6.45, 7) is 3.94. The van der Waals surface area contributed by atoms with Crippen molar-refractivity contribution >= 4 is 15.7 Å². The first kappa shape index (κ1) is 15.8. The lowest BCUT2D eigenvalue weighted by atomic mass is 9.81. The van der Waals surface area contributed by atoms with Crippen LogP contribution in [0.2, 0.25) is 0 Å². The van der Waals surface area contributed by atoms with Crippen LogP contribution in [0, 0.1) is 5.92 Å². The Bertz CT molecular complexity index is 442. The van der Waals surface area contributed by atoms with Gasteiger partial charge in [0.2, 0.25) is 5.91 Å². The van der Waals surface area contributed by atoms with Crippen LogP contribution in [0.4, 0.5) is 0 Å². The third-order valence-electron chi connectivity index (χ3n) is 4.44. The van der Waals surface area contributed by atoms with Crippen LogP contribution in [0.3, 0.4) is 0 Å². The SMILES string of the molecule is CCOC1CC(C(=O)N2CCCC(S(C)(=O)=O)CC2)C1. The Kier molecular flexibility index (Phi) is 5.07. The van der Waals surface area contributed by atoms with Gasteiger partial charge in [-0.2, -0.15) is 0 Å². The van der Waals surface area contributed by atoms with Gasteiger partial charge in [0.15, 0.2) is 0 Å². The summed E-state index contributed by atoms with van der Waals surface area (Å²) in [6.07, 6.45) is 5.21. The van der Waals surface area contributed by atoms with E-state index in [0.29, 0.717) is 32.5 Å². The fraction of sp³-hybridized carbons (Fsp3) is 0.929. The first-order valence-electron chi connectivity index (χ1n) is 7.51. The van der Waals surface area contributed by atoms with E-state index in [9.17, 15) is 13.2 Å². The summed E-state index contributed by atoms with van der Waals surface area (Å²) in [5.74, 6) is 0.274. The standard InChI is InChI=1S/C14H25NO4S/c1-3-19-12-9-11(10-12)14(16)15-7-4-5-13(6-8-15)20(2,17)18/h11-13H,3-10H2,1-2H3. The monoisotopic (exact) mass is 303 g/mol. The number of amides is 1. The summed E-state index contributed by atoms with van der Waals surface area (Å²) in [5.41, 5.74) is 0. The first-order chi connectivity index (χ1) is 9.41. The lowest BCUT2D eigenvalue weighted by molar-refractivity contribution is -0.144. The number of carbonyl (C=O) groups excluding carboxylic acids is 1. The van der Waals surface area contributed by atoms with Gasteiger partial charge in [-0.1, -0.05) is 0 Å². The third-order valence-corrected chi connectivity index (χ3v) is 6.12. The zero-order valence-corrected chi connectivity index (χ0v) is 13.2. The quantitative estimate of drug-likeness (QED) is 0.783. The van der Waals surface area contributed by atoms with Crippen molar-refractivity contribution in [3.63, 3.8) is 0 Å². The summed E-state index contributed by atoms with van der Waals surface area (Å²) >= 11 is 0. The summed E-state index contributed by atoms with van der Waals surface area (Å²) < 4.78 is 28.7. The van der Waals surface area contributed by atoms with Crippen LogP contribution in [-0.4, -0.2) is 56.5 Å². The molecule has 20 heavy (non-hydrogen) atoms. The fourth-order valence-corrected chi connectivity index (χ4v) is 4.24. The van der Waals surface area contributed by atoms with Gasteiger partial charge in [-0.15, -0.1) is 0 Å². The molecule has 1 saturated carbocycles. The molecule has 1 aliphatic carbocycles. The number of sulfone groups is 1. The molecule has 0 aromatic heterocycles. The topological polar surface area (TPSA) is 63.7 Å². The highest BCUT2D eigenvalue weighted by molar-refractivity contribution is 7.91. The molecule has 5 nitrogen and oxygen atoms in total. The molecular weight excluding hydrogens is 278 g/mol. The molecule has 0 spiro atoms.